The van der Waals surface area contributed by atoms with Gasteiger partial charge in [0.1, 0.15) is 0 Å². The molecule has 0 aliphatic rings. The molecule has 0 bridgehead atoms. The van der Waals surface area contributed by atoms with E-state index in [0.717, 1.165) is 22.2 Å². The van der Waals surface area contributed by atoms with E-state index in [-0.39, 0.29) is 0 Å². The Morgan fingerprint density at radius 1 is 1.21 bits per heavy atom. The molecule has 3 heteroatoms. The molecule has 0 unspecified atom stereocenters. The average molecular weight is 184 g/mol. The fourth-order valence-corrected chi connectivity index (χ4v) is 1.54. The third-order valence-electron chi connectivity index (χ3n) is 2.27. The van der Waals surface area contributed by atoms with Crippen molar-refractivity contribution in [3.05, 3.63) is 42.7 Å². The van der Waals surface area contributed by atoms with Crippen LogP contribution in [-0.4, -0.2) is 10.1 Å². The lowest BCUT2D eigenvalue weighted by Crippen LogP contribution is -1.75. The molecule has 0 aliphatic carbocycles. The van der Waals surface area contributed by atoms with Crippen LogP contribution in [0.4, 0.5) is 0 Å². The van der Waals surface area contributed by atoms with Gasteiger partial charge in [0.25, 0.3) is 0 Å². The zero-order valence-corrected chi connectivity index (χ0v) is 7.40. The Bertz CT molecular complexity index is 551. The summed E-state index contributed by atoms with van der Waals surface area (Å²) in [5, 5.41) is 4.77. The summed E-state index contributed by atoms with van der Waals surface area (Å²) in [6.07, 6.45) is 3.62. The molecule has 3 aromatic rings. The normalized spacial score (nSPS) is 10.9. The molecule has 0 fully saturated rings. The van der Waals surface area contributed by atoms with Gasteiger partial charge < -0.3 is 9.51 Å². The minimum atomic E-state index is 0.817. The molecule has 0 saturated carbocycles. The molecule has 1 aromatic carbocycles. The van der Waals surface area contributed by atoms with Crippen molar-refractivity contribution in [3.8, 4) is 11.3 Å². The number of rotatable bonds is 1. The highest BCUT2D eigenvalue weighted by Gasteiger charge is 2.02. The van der Waals surface area contributed by atoms with Gasteiger partial charge >= 0.3 is 0 Å². The molecule has 3 rings (SSSR count). The predicted molar refractivity (Wildman–Crippen MR) is 53.8 cm³/mol. The van der Waals surface area contributed by atoms with Gasteiger partial charge in [0.2, 0.25) is 0 Å². The topological polar surface area (TPSA) is 41.8 Å². The molecular formula is C11H8N2O. The minimum Gasteiger partial charge on any atom is -0.361 e. The van der Waals surface area contributed by atoms with E-state index in [0.29, 0.717) is 0 Å². The number of aromatic nitrogens is 2. The van der Waals surface area contributed by atoms with E-state index in [9.17, 15) is 0 Å². The van der Waals surface area contributed by atoms with Gasteiger partial charge in [0.15, 0.2) is 5.58 Å². The lowest BCUT2D eigenvalue weighted by molar-refractivity contribution is 0.456. The van der Waals surface area contributed by atoms with Crippen molar-refractivity contribution >= 4 is 11.0 Å². The van der Waals surface area contributed by atoms with Crippen LogP contribution < -0.4 is 0 Å². The number of nitrogens with zero attached hydrogens (tertiary/aromatic N) is 1. The molecule has 0 aliphatic heterocycles. The third-order valence-corrected chi connectivity index (χ3v) is 2.27. The first-order chi connectivity index (χ1) is 6.93. The Balaban J connectivity index is 2.23. The summed E-state index contributed by atoms with van der Waals surface area (Å²) in [6, 6.07) is 10.0. The highest BCUT2D eigenvalue weighted by molar-refractivity contribution is 5.81. The van der Waals surface area contributed by atoms with Gasteiger partial charge in [-0.3, -0.25) is 0 Å². The van der Waals surface area contributed by atoms with Crippen LogP contribution >= 0.6 is 0 Å². The number of hydrogen-bond acceptors (Lipinski definition) is 2. The average Bonchev–Trinajstić information content (AvgIpc) is 2.88. The maximum Gasteiger partial charge on any atom is 0.167 e. The van der Waals surface area contributed by atoms with E-state index >= 15 is 0 Å². The maximum atomic E-state index is 5.09. The first-order valence-corrected chi connectivity index (χ1v) is 4.42. The summed E-state index contributed by atoms with van der Waals surface area (Å²) >= 11 is 0. The number of H-pyrrole nitrogens is 1. The molecule has 14 heavy (non-hydrogen) atoms. The Morgan fingerprint density at radius 3 is 3.07 bits per heavy atom. The van der Waals surface area contributed by atoms with Crippen LogP contribution in [0.5, 0.6) is 0 Å². The summed E-state index contributed by atoms with van der Waals surface area (Å²) in [6.45, 7) is 0. The number of benzene rings is 1. The van der Waals surface area contributed by atoms with Gasteiger partial charge in [-0.2, -0.15) is 0 Å². The zero-order valence-electron chi connectivity index (χ0n) is 7.40. The highest BCUT2D eigenvalue weighted by atomic mass is 16.5. The number of nitrogens with one attached hydrogen (secondary N) is 1. The minimum absolute atomic E-state index is 0.817. The molecule has 0 radical (unpaired) electrons. The number of hydrogen-bond donors (Lipinski definition) is 1. The van der Waals surface area contributed by atoms with Crippen LogP contribution in [0.1, 0.15) is 0 Å². The molecule has 68 valence electrons. The lowest BCUT2D eigenvalue weighted by Gasteiger charge is -1.96. The number of fused-ring (bicyclic) bond motifs is 1. The van der Waals surface area contributed by atoms with Crippen LogP contribution in [0.15, 0.2) is 47.2 Å². The lowest BCUT2D eigenvalue weighted by atomic mass is 10.1. The summed E-state index contributed by atoms with van der Waals surface area (Å²) < 4.78 is 5.09. The van der Waals surface area contributed by atoms with Crippen LogP contribution in [0.3, 0.4) is 0 Å². The van der Waals surface area contributed by atoms with Gasteiger partial charge in [0, 0.05) is 22.8 Å². The van der Waals surface area contributed by atoms with Gasteiger partial charge in [-0.15, -0.1) is 0 Å². The van der Waals surface area contributed by atoms with E-state index in [1.54, 1.807) is 6.20 Å². The summed E-state index contributed by atoms with van der Waals surface area (Å²) in [7, 11) is 0. The summed E-state index contributed by atoms with van der Waals surface area (Å²) in [5.74, 6) is 0. The molecule has 2 heterocycles. The van der Waals surface area contributed by atoms with Crippen molar-refractivity contribution in [1.82, 2.24) is 10.1 Å². The quantitative estimate of drug-likeness (QED) is 0.631. The van der Waals surface area contributed by atoms with Crippen molar-refractivity contribution in [1.29, 1.82) is 0 Å². The van der Waals surface area contributed by atoms with Crippen LogP contribution in [0.25, 0.3) is 22.2 Å². The van der Waals surface area contributed by atoms with Crippen LogP contribution in [-0.2, 0) is 0 Å². The predicted octanol–water partition coefficient (Wildman–Crippen LogP) is 2.82. The third kappa shape index (κ3) is 1.03. The Morgan fingerprint density at radius 2 is 2.21 bits per heavy atom. The fourth-order valence-electron chi connectivity index (χ4n) is 1.54. The largest absolute Gasteiger partial charge is 0.361 e. The van der Waals surface area contributed by atoms with Crippen molar-refractivity contribution in [3.63, 3.8) is 0 Å². The second kappa shape index (κ2) is 2.73. The molecule has 2 aromatic heterocycles. The fraction of sp³-hybridized carbons (Fsp3) is 0. The van der Waals surface area contributed by atoms with E-state index in [1.165, 1.54) is 0 Å². The Hall–Kier alpha value is -2.03. The van der Waals surface area contributed by atoms with Crippen molar-refractivity contribution in [2.24, 2.45) is 0 Å². The molecule has 0 amide bonds. The van der Waals surface area contributed by atoms with Crippen molar-refractivity contribution in [2.75, 3.05) is 0 Å². The first kappa shape index (κ1) is 7.38. The van der Waals surface area contributed by atoms with Gasteiger partial charge in [0.05, 0.1) is 6.20 Å². The highest BCUT2D eigenvalue weighted by Crippen LogP contribution is 2.22. The Labute approximate surface area is 80.3 Å². The van der Waals surface area contributed by atoms with Crippen molar-refractivity contribution in [2.45, 2.75) is 0 Å². The van der Waals surface area contributed by atoms with E-state index in [1.807, 2.05) is 36.5 Å². The second-order valence-electron chi connectivity index (χ2n) is 3.16. The standard InChI is InChI=1S/C11H8N2O/c1-2-10(12-5-1)8-3-4-9-7-13-14-11(9)6-8/h1-7,12H. The second-order valence-corrected chi connectivity index (χ2v) is 3.16. The van der Waals surface area contributed by atoms with E-state index < -0.39 is 0 Å². The first-order valence-electron chi connectivity index (χ1n) is 4.42. The van der Waals surface area contributed by atoms with Gasteiger partial charge in [-0.05, 0) is 24.3 Å². The smallest absolute Gasteiger partial charge is 0.167 e. The van der Waals surface area contributed by atoms with Gasteiger partial charge in [-0.1, -0.05) is 11.2 Å². The monoisotopic (exact) mass is 184 g/mol. The van der Waals surface area contributed by atoms with Crippen LogP contribution in [0.2, 0.25) is 0 Å². The summed E-state index contributed by atoms with van der Waals surface area (Å²) in [4.78, 5) is 3.15. The van der Waals surface area contributed by atoms with Gasteiger partial charge in [-0.25, -0.2) is 0 Å². The molecule has 0 saturated heterocycles. The van der Waals surface area contributed by atoms with Crippen LogP contribution in [0, 0.1) is 0 Å². The van der Waals surface area contributed by atoms with E-state index in [4.69, 9.17) is 4.52 Å². The number of aromatic amines is 1. The molecule has 1 N–H and O–H groups in total. The van der Waals surface area contributed by atoms with Crippen molar-refractivity contribution < 1.29 is 4.52 Å². The Kier molecular flexibility index (Phi) is 1.44. The van der Waals surface area contributed by atoms with E-state index in [2.05, 4.69) is 10.1 Å². The SMILES string of the molecule is c1c[nH]c(-c2ccc3cnoc3c2)c1. The summed E-state index contributed by atoms with van der Waals surface area (Å²) in [5.41, 5.74) is 3.01. The molecular weight excluding hydrogens is 176 g/mol. The molecule has 0 spiro atoms. The maximum absolute atomic E-state index is 5.09. The molecule has 0 atom stereocenters. The molecule has 3 nitrogen and oxygen atoms in total. The zero-order chi connectivity index (χ0) is 9.38.